The van der Waals surface area contributed by atoms with E-state index >= 15 is 0 Å². The van der Waals surface area contributed by atoms with Crippen LogP contribution >= 0.6 is 23.2 Å². The number of ether oxygens (including phenoxy) is 2. The van der Waals surface area contributed by atoms with Crippen molar-refractivity contribution >= 4 is 34.9 Å². The van der Waals surface area contributed by atoms with Gasteiger partial charge in [0.25, 0.3) is 0 Å². The number of carbonyl (C=O) groups is 1. The number of allylic oxidation sites excluding steroid dienone is 1. The molecule has 6 nitrogen and oxygen atoms in total. The summed E-state index contributed by atoms with van der Waals surface area (Å²) in [5, 5.41) is 4.05. The van der Waals surface area contributed by atoms with Crippen molar-refractivity contribution in [2.75, 3.05) is 5.32 Å². The van der Waals surface area contributed by atoms with Crippen LogP contribution in [0, 0.1) is 0 Å². The second-order valence-electron chi connectivity index (χ2n) is 7.86. The summed E-state index contributed by atoms with van der Waals surface area (Å²) in [6.45, 7) is 5.47. The standard InChI is InChI=1S/C22H25Cl2N3O3/c1-12-20(26)27-17-11-14(5-7-18(17)29-12)19(25)21(28)30-22(2,3)9-8-13-4-6-15(23)16(24)10-13/h4-7,10-11,19,27H,8-9,25-26H2,1-3H3. The third-order valence-electron chi connectivity index (χ3n) is 4.90. The van der Waals surface area contributed by atoms with Crippen molar-refractivity contribution in [3.8, 4) is 5.75 Å². The molecule has 8 heteroatoms. The minimum Gasteiger partial charge on any atom is -0.458 e. The van der Waals surface area contributed by atoms with Crippen LogP contribution in [0.5, 0.6) is 5.75 Å². The van der Waals surface area contributed by atoms with Crippen LogP contribution in [-0.4, -0.2) is 11.6 Å². The molecule has 1 unspecified atom stereocenters. The lowest BCUT2D eigenvalue weighted by Crippen LogP contribution is -2.34. The van der Waals surface area contributed by atoms with Gasteiger partial charge in [0.2, 0.25) is 0 Å². The Morgan fingerprint density at radius 1 is 1.20 bits per heavy atom. The summed E-state index contributed by atoms with van der Waals surface area (Å²) in [6.07, 6.45) is 1.28. The van der Waals surface area contributed by atoms with Crippen LogP contribution in [-0.2, 0) is 16.0 Å². The van der Waals surface area contributed by atoms with E-state index in [1.54, 1.807) is 31.2 Å². The van der Waals surface area contributed by atoms with Crippen molar-refractivity contribution in [2.24, 2.45) is 11.5 Å². The Bertz CT molecular complexity index is 1010. The fraction of sp³-hybridized carbons (Fsp3) is 0.318. The third-order valence-corrected chi connectivity index (χ3v) is 5.64. The fourth-order valence-corrected chi connectivity index (χ4v) is 3.36. The number of carbonyl (C=O) groups excluding carboxylic acids is 1. The normalized spacial score (nSPS) is 14.5. The molecule has 0 spiro atoms. The van der Waals surface area contributed by atoms with E-state index in [0.29, 0.717) is 51.5 Å². The minimum atomic E-state index is -0.936. The van der Waals surface area contributed by atoms with Gasteiger partial charge < -0.3 is 26.3 Å². The number of fused-ring (bicyclic) bond motifs is 1. The Labute approximate surface area is 186 Å². The Kier molecular flexibility index (Phi) is 6.50. The molecule has 0 bridgehead atoms. The van der Waals surface area contributed by atoms with Crippen molar-refractivity contribution in [2.45, 2.75) is 45.3 Å². The number of anilines is 1. The number of nitrogens with two attached hydrogens (primary N) is 2. The van der Waals surface area contributed by atoms with Gasteiger partial charge in [-0.3, -0.25) is 0 Å². The zero-order valence-corrected chi connectivity index (χ0v) is 18.6. The van der Waals surface area contributed by atoms with Gasteiger partial charge in [0, 0.05) is 0 Å². The molecule has 2 aromatic rings. The lowest BCUT2D eigenvalue weighted by atomic mass is 9.98. The summed E-state index contributed by atoms with van der Waals surface area (Å²) < 4.78 is 11.3. The second kappa shape index (κ2) is 8.76. The van der Waals surface area contributed by atoms with E-state index in [1.165, 1.54) is 0 Å². The Morgan fingerprint density at radius 3 is 2.63 bits per heavy atom. The highest BCUT2D eigenvalue weighted by Crippen LogP contribution is 2.34. The number of nitrogens with one attached hydrogen (secondary N) is 1. The fourth-order valence-electron chi connectivity index (χ4n) is 3.04. The summed E-state index contributed by atoms with van der Waals surface area (Å²) in [6, 6.07) is 9.77. The highest BCUT2D eigenvalue weighted by atomic mass is 35.5. The van der Waals surface area contributed by atoms with E-state index in [9.17, 15) is 4.79 Å². The van der Waals surface area contributed by atoms with Gasteiger partial charge in [0.15, 0.2) is 5.75 Å². The first-order valence-corrected chi connectivity index (χ1v) is 10.3. The van der Waals surface area contributed by atoms with Crippen LogP contribution in [0.3, 0.4) is 0 Å². The molecule has 1 heterocycles. The van der Waals surface area contributed by atoms with Gasteiger partial charge in [-0.05, 0) is 69.0 Å². The van der Waals surface area contributed by atoms with Gasteiger partial charge in [0.1, 0.15) is 23.2 Å². The van der Waals surface area contributed by atoms with E-state index < -0.39 is 17.6 Å². The second-order valence-corrected chi connectivity index (χ2v) is 8.67. The molecular formula is C22H25Cl2N3O3. The molecule has 5 N–H and O–H groups in total. The molecule has 160 valence electrons. The average molecular weight is 450 g/mol. The maximum atomic E-state index is 12.7. The van der Waals surface area contributed by atoms with Gasteiger partial charge in [-0.2, -0.15) is 0 Å². The first-order chi connectivity index (χ1) is 14.1. The zero-order chi connectivity index (χ0) is 22.1. The Hall–Kier alpha value is -2.41. The van der Waals surface area contributed by atoms with Crippen LogP contribution < -0.4 is 21.5 Å². The molecule has 0 amide bonds. The average Bonchev–Trinajstić information content (AvgIpc) is 2.68. The summed E-state index contributed by atoms with van der Waals surface area (Å²) in [5.74, 6) is 1.11. The van der Waals surface area contributed by atoms with Crippen LogP contribution in [0.4, 0.5) is 5.69 Å². The van der Waals surface area contributed by atoms with Gasteiger partial charge >= 0.3 is 5.97 Å². The largest absolute Gasteiger partial charge is 0.458 e. The van der Waals surface area contributed by atoms with Gasteiger partial charge in [-0.15, -0.1) is 0 Å². The molecule has 0 radical (unpaired) electrons. The molecule has 0 saturated carbocycles. The van der Waals surface area contributed by atoms with Crippen LogP contribution in [0.1, 0.15) is 44.4 Å². The molecule has 0 saturated heterocycles. The number of aryl methyl sites for hydroxylation is 1. The monoisotopic (exact) mass is 449 g/mol. The number of hydrogen-bond donors (Lipinski definition) is 3. The maximum absolute atomic E-state index is 12.7. The van der Waals surface area contributed by atoms with Crippen molar-refractivity contribution in [1.29, 1.82) is 0 Å². The van der Waals surface area contributed by atoms with Crippen LogP contribution in [0.2, 0.25) is 10.0 Å². The van der Waals surface area contributed by atoms with Gasteiger partial charge in [0.05, 0.1) is 15.7 Å². The van der Waals surface area contributed by atoms with Crippen molar-refractivity contribution in [3.63, 3.8) is 0 Å². The van der Waals surface area contributed by atoms with E-state index in [1.807, 2.05) is 26.0 Å². The molecule has 0 aromatic heterocycles. The Morgan fingerprint density at radius 2 is 1.93 bits per heavy atom. The predicted octanol–water partition coefficient (Wildman–Crippen LogP) is 4.90. The lowest BCUT2D eigenvalue weighted by molar-refractivity contribution is -0.158. The molecule has 1 aliphatic rings. The molecule has 0 aliphatic carbocycles. The molecule has 30 heavy (non-hydrogen) atoms. The Balaban J connectivity index is 1.63. The number of benzene rings is 2. The van der Waals surface area contributed by atoms with Crippen molar-refractivity contribution < 1.29 is 14.3 Å². The van der Waals surface area contributed by atoms with E-state index in [4.69, 9.17) is 44.1 Å². The van der Waals surface area contributed by atoms with Gasteiger partial charge in [-0.25, -0.2) is 4.79 Å². The van der Waals surface area contributed by atoms with Crippen molar-refractivity contribution in [3.05, 3.63) is 69.2 Å². The summed E-state index contributed by atoms with van der Waals surface area (Å²) in [7, 11) is 0. The lowest BCUT2D eigenvalue weighted by Gasteiger charge is -2.27. The van der Waals surface area contributed by atoms with E-state index in [0.717, 1.165) is 5.56 Å². The van der Waals surface area contributed by atoms with Crippen LogP contribution in [0.15, 0.2) is 48.0 Å². The molecule has 1 aliphatic heterocycles. The number of halogens is 2. The SMILES string of the molecule is CC1=C(N)Nc2cc(C(N)C(=O)OC(C)(C)CCc3ccc(Cl)c(Cl)c3)ccc2O1. The number of hydrogen-bond acceptors (Lipinski definition) is 6. The topological polar surface area (TPSA) is 99.6 Å². The highest BCUT2D eigenvalue weighted by Gasteiger charge is 2.28. The first-order valence-electron chi connectivity index (χ1n) is 9.53. The molecule has 0 fully saturated rings. The highest BCUT2D eigenvalue weighted by molar-refractivity contribution is 6.42. The van der Waals surface area contributed by atoms with E-state index in [2.05, 4.69) is 5.32 Å². The molecule has 2 aromatic carbocycles. The number of esters is 1. The molecular weight excluding hydrogens is 425 g/mol. The van der Waals surface area contributed by atoms with Crippen LogP contribution in [0.25, 0.3) is 0 Å². The number of rotatable bonds is 6. The first kappa shape index (κ1) is 22.3. The predicted molar refractivity (Wildman–Crippen MR) is 119 cm³/mol. The zero-order valence-electron chi connectivity index (χ0n) is 17.1. The summed E-state index contributed by atoms with van der Waals surface area (Å²) >= 11 is 12.0. The molecule has 1 atom stereocenters. The van der Waals surface area contributed by atoms with Gasteiger partial charge in [-0.1, -0.05) is 35.3 Å². The van der Waals surface area contributed by atoms with E-state index in [-0.39, 0.29) is 0 Å². The smallest absolute Gasteiger partial charge is 0.328 e. The van der Waals surface area contributed by atoms with Crippen molar-refractivity contribution in [1.82, 2.24) is 0 Å². The minimum absolute atomic E-state index is 0.416. The summed E-state index contributed by atoms with van der Waals surface area (Å²) in [5.41, 5.74) is 13.6. The third kappa shape index (κ3) is 5.19. The molecule has 3 rings (SSSR count). The summed E-state index contributed by atoms with van der Waals surface area (Å²) in [4.78, 5) is 12.7. The quantitative estimate of drug-likeness (QED) is 0.542. The maximum Gasteiger partial charge on any atom is 0.328 e.